The van der Waals surface area contributed by atoms with Crippen molar-refractivity contribution in [2.24, 2.45) is 35.5 Å². The van der Waals surface area contributed by atoms with Crippen molar-refractivity contribution in [3.05, 3.63) is 12.2 Å². The summed E-state index contributed by atoms with van der Waals surface area (Å²) < 4.78 is 4.74. The molecule has 3 nitrogen and oxygen atoms in total. The van der Waals surface area contributed by atoms with Gasteiger partial charge in [-0.25, -0.2) is 0 Å². The fourth-order valence-corrected chi connectivity index (χ4v) is 3.76. The van der Waals surface area contributed by atoms with Gasteiger partial charge in [-0.1, -0.05) is 12.2 Å². The summed E-state index contributed by atoms with van der Waals surface area (Å²) in [5.74, 6) is 1.12. The number of carbonyl (C=O) groups excluding carboxylic acids is 2. The van der Waals surface area contributed by atoms with E-state index >= 15 is 0 Å². The van der Waals surface area contributed by atoms with Gasteiger partial charge in [0.25, 0.3) is 0 Å². The highest BCUT2D eigenvalue weighted by molar-refractivity contribution is 5.97. The van der Waals surface area contributed by atoms with E-state index in [1.54, 1.807) is 0 Å². The third-order valence-electron chi connectivity index (χ3n) is 4.40. The fourth-order valence-electron chi connectivity index (χ4n) is 3.76. The van der Waals surface area contributed by atoms with E-state index in [4.69, 9.17) is 4.74 Å². The number of ether oxygens (including phenoxy) is 1. The Balaban J connectivity index is 1.88. The monoisotopic (exact) mass is 190 g/mol. The van der Waals surface area contributed by atoms with Crippen LogP contribution in [0.2, 0.25) is 0 Å². The fraction of sp³-hybridized carbons (Fsp3) is 0.636. The van der Waals surface area contributed by atoms with Gasteiger partial charge in [0, 0.05) is 0 Å². The Labute approximate surface area is 81.1 Å². The average Bonchev–Trinajstić information content (AvgIpc) is 2.92. The molecule has 14 heavy (non-hydrogen) atoms. The average molecular weight is 190 g/mol. The van der Waals surface area contributed by atoms with Gasteiger partial charge in [-0.2, -0.15) is 0 Å². The first-order valence-corrected chi connectivity index (χ1v) is 5.21. The molecule has 2 saturated carbocycles. The predicted molar refractivity (Wildman–Crippen MR) is 45.8 cm³/mol. The van der Waals surface area contributed by atoms with Crippen molar-refractivity contribution in [3.8, 4) is 0 Å². The van der Waals surface area contributed by atoms with Gasteiger partial charge in [0.15, 0.2) is 0 Å². The Bertz CT molecular complexity index is 350. The molecule has 0 spiro atoms. The molecule has 1 heterocycles. The molecule has 1 saturated heterocycles. The lowest BCUT2D eigenvalue weighted by atomic mass is 9.63. The molecule has 72 valence electrons. The molecule has 0 N–H and O–H groups in total. The van der Waals surface area contributed by atoms with Crippen LogP contribution < -0.4 is 0 Å². The van der Waals surface area contributed by atoms with Crippen molar-refractivity contribution >= 4 is 11.9 Å². The van der Waals surface area contributed by atoms with Gasteiger partial charge in [0.05, 0.1) is 11.8 Å². The van der Waals surface area contributed by atoms with Crippen molar-refractivity contribution in [3.63, 3.8) is 0 Å². The van der Waals surface area contributed by atoms with Crippen LogP contribution in [-0.4, -0.2) is 11.9 Å². The second-order valence-corrected chi connectivity index (χ2v) is 4.89. The molecule has 0 unspecified atom stereocenters. The van der Waals surface area contributed by atoms with Gasteiger partial charge in [-0.3, -0.25) is 9.59 Å². The summed E-state index contributed by atoms with van der Waals surface area (Å²) in [6.45, 7) is 0. The maximum Gasteiger partial charge on any atom is 0.318 e. The molecule has 0 amide bonds. The molecule has 5 aliphatic rings. The van der Waals surface area contributed by atoms with E-state index in [1.807, 2.05) is 0 Å². The first-order chi connectivity index (χ1) is 6.77. The zero-order chi connectivity index (χ0) is 9.45. The molecular weight excluding hydrogens is 180 g/mol. The lowest BCUT2D eigenvalue weighted by Crippen LogP contribution is -2.40. The summed E-state index contributed by atoms with van der Waals surface area (Å²) in [6.07, 6.45) is 5.48. The molecular formula is C11H10O3. The summed E-state index contributed by atoms with van der Waals surface area (Å²) in [5, 5.41) is 0. The molecule has 3 heteroatoms. The van der Waals surface area contributed by atoms with Gasteiger partial charge in [-0.15, -0.1) is 0 Å². The minimum Gasteiger partial charge on any atom is -0.393 e. The second kappa shape index (κ2) is 1.95. The highest BCUT2D eigenvalue weighted by Crippen LogP contribution is 2.65. The highest BCUT2D eigenvalue weighted by Gasteiger charge is 2.66. The predicted octanol–water partition coefficient (Wildman–Crippen LogP) is 0.754. The quantitative estimate of drug-likeness (QED) is 0.321. The van der Waals surface area contributed by atoms with Gasteiger partial charge in [0.1, 0.15) is 0 Å². The zero-order valence-electron chi connectivity index (χ0n) is 7.55. The van der Waals surface area contributed by atoms with Crippen LogP contribution in [-0.2, 0) is 14.3 Å². The van der Waals surface area contributed by atoms with Crippen LogP contribution in [0.4, 0.5) is 0 Å². The third kappa shape index (κ3) is 0.606. The zero-order valence-corrected chi connectivity index (χ0v) is 7.55. The minimum absolute atomic E-state index is 0.138. The molecule has 4 aliphatic carbocycles. The van der Waals surface area contributed by atoms with E-state index in [0.717, 1.165) is 0 Å². The maximum absolute atomic E-state index is 11.5. The van der Waals surface area contributed by atoms with Crippen molar-refractivity contribution in [2.75, 3.05) is 0 Å². The van der Waals surface area contributed by atoms with Crippen molar-refractivity contribution in [2.45, 2.75) is 6.42 Å². The van der Waals surface area contributed by atoms with Gasteiger partial charge >= 0.3 is 11.9 Å². The normalized spacial score (nSPS) is 56.9. The summed E-state index contributed by atoms with van der Waals surface area (Å²) in [5.41, 5.74) is 0. The second-order valence-electron chi connectivity index (χ2n) is 4.89. The van der Waals surface area contributed by atoms with Crippen molar-refractivity contribution in [1.29, 1.82) is 0 Å². The van der Waals surface area contributed by atoms with E-state index in [2.05, 4.69) is 12.2 Å². The van der Waals surface area contributed by atoms with E-state index < -0.39 is 0 Å². The van der Waals surface area contributed by atoms with Crippen LogP contribution in [0.5, 0.6) is 0 Å². The Morgan fingerprint density at radius 2 is 1.50 bits per heavy atom. The molecule has 0 radical (unpaired) electrons. The number of carbonyl (C=O) groups is 2. The van der Waals surface area contributed by atoms with E-state index in [0.29, 0.717) is 23.7 Å². The first-order valence-electron chi connectivity index (χ1n) is 5.21. The minimum atomic E-state index is -0.273. The van der Waals surface area contributed by atoms with Gasteiger partial charge in [0.2, 0.25) is 0 Å². The van der Waals surface area contributed by atoms with Crippen LogP contribution in [0, 0.1) is 35.5 Å². The maximum atomic E-state index is 11.5. The molecule has 0 aromatic heterocycles. The molecule has 0 aromatic rings. The molecule has 6 atom stereocenters. The van der Waals surface area contributed by atoms with Gasteiger partial charge < -0.3 is 4.74 Å². The summed E-state index contributed by atoms with van der Waals surface area (Å²) in [6, 6.07) is 0. The number of hydrogen-bond donors (Lipinski definition) is 0. The Kier molecular flexibility index (Phi) is 1.00. The topological polar surface area (TPSA) is 43.4 Å². The van der Waals surface area contributed by atoms with Crippen LogP contribution in [0.25, 0.3) is 0 Å². The number of allylic oxidation sites excluding steroid dienone is 2. The summed E-state index contributed by atoms with van der Waals surface area (Å²) in [4.78, 5) is 23.0. The number of hydrogen-bond acceptors (Lipinski definition) is 3. The highest BCUT2D eigenvalue weighted by atomic mass is 16.6. The molecule has 2 bridgehead atoms. The number of rotatable bonds is 0. The van der Waals surface area contributed by atoms with Crippen LogP contribution in [0.1, 0.15) is 6.42 Å². The number of cyclic esters (lactones) is 2. The SMILES string of the molecule is O=C1OC(=O)[C@@H]2[C@@H]3C=C[C@H]([C@H]4C[C@H]34)[C@@H]12. The largest absolute Gasteiger partial charge is 0.393 e. The van der Waals surface area contributed by atoms with Crippen LogP contribution >= 0.6 is 0 Å². The molecule has 1 aliphatic heterocycles. The molecule has 0 aromatic carbocycles. The smallest absolute Gasteiger partial charge is 0.318 e. The Hall–Kier alpha value is -1.12. The van der Waals surface area contributed by atoms with Crippen molar-refractivity contribution < 1.29 is 14.3 Å². The number of esters is 2. The van der Waals surface area contributed by atoms with E-state index in [-0.39, 0.29) is 23.8 Å². The van der Waals surface area contributed by atoms with E-state index in [9.17, 15) is 9.59 Å². The lowest BCUT2D eigenvalue weighted by Gasteiger charge is -2.36. The van der Waals surface area contributed by atoms with Crippen molar-refractivity contribution in [1.82, 2.24) is 0 Å². The molecule has 5 rings (SSSR count). The van der Waals surface area contributed by atoms with Crippen LogP contribution in [0.15, 0.2) is 12.2 Å². The first kappa shape index (κ1) is 7.21. The summed E-state index contributed by atoms with van der Waals surface area (Å²) >= 11 is 0. The Morgan fingerprint density at radius 3 is 2.00 bits per heavy atom. The molecule has 3 fully saturated rings. The van der Waals surface area contributed by atoms with Gasteiger partial charge in [-0.05, 0) is 30.1 Å². The summed E-state index contributed by atoms with van der Waals surface area (Å²) in [7, 11) is 0. The Morgan fingerprint density at radius 1 is 1.00 bits per heavy atom. The van der Waals surface area contributed by atoms with Crippen LogP contribution in [0.3, 0.4) is 0 Å². The van der Waals surface area contributed by atoms with E-state index in [1.165, 1.54) is 6.42 Å². The standard InChI is InChI=1S/C11H10O3/c12-10-8-4-1-2-5(7-3-6(4)7)9(8)11(13)14-10/h1-2,4-9H,3H2/t4-,5-,6-,7-,8-,9-/m1/s1. The third-order valence-corrected chi connectivity index (χ3v) is 4.40. The lowest BCUT2D eigenvalue weighted by molar-refractivity contribution is -0.154.